The summed E-state index contributed by atoms with van der Waals surface area (Å²) in [5.74, 6) is 0.411. The first kappa shape index (κ1) is 13.7. The number of allylic oxidation sites excluding steroid dienone is 3. The quantitative estimate of drug-likeness (QED) is 0.788. The standard InChI is InChI=1S/C15H10BrFN4/c1-21-14-4-10(6-18)12(16)5-13(14)20-15(21)9-2-3-11(17)8-19-7-9/h2,4-5,7-8H,3H2,1H3. The number of imidazole rings is 1. The number of nitriles is 1. The fourth-order valence-corrected chi connectivity index (χ4v) is 2.64. The molecule has 0 amide bonds. The molecule has 1 aliphatic heterocycles. The highest BCUT2D eigenvalue weighted by molar-refractivity contribution is 9.10. The minimum absolute atomic E-state index is 0.200. The molecule has 0 spiro atoms. The summed E-state index contributed by atoms with van der Waals surface area (Å²) >= 11 is 3.36. The van der Waals surface area contributed by atoms with Gasteiger partial charge in [0.05, 0.1) is 22.8 Å². The van der Waals surface area contributed by atoms with Crippen LogP contribution in [0.5, 0.6) is 0 Å². The van der Waals surface area contributed by atoms with Crippen molar-refractivity contribution in [3.63, 3.8) is 0 Å². The predicted octanol–water partition coefficient (Wildman–Crippen LogP) is 3.88. The van der Waals surface area contributed by atoms with Crippen LogP contribution in [0.1, 0.15) is 17.8 Å². The Kier molecular flexibility index (Phi) is 3.43. The van der Waals surface area contributed by atoms with Crippen LogP contribution in [-0.2, 0) is 7.05 Å². The molecule has 21 heavy (non-hydrogen) atoms. The van der Waals surface area contributed by atoms with Crippen LogP contribution in [0.15, 0.2) is 39.7 Å². The first-order chi connectivity index (χ1) is 10.1. The fourth-order valence-electron chi connectivity index (χ4n) is 2.22. The summed E-state index contributed by atoms with van der Waals surface area (Å²) in [6, 6.07) is 5.72. The molecule has 2 heterocycles. The number of benzene rings is 1. The largest absolute Gasteiger partial charge is 0.327 e. The molecule has 3 rings (SSSR count). The maximum Gasteiger partial charge on any atom is 0.142 e. The third-order valence-corrected chi connectivity index (χ3v) is 3.95. The van der Waals surface area contributed by atoms with E-state index in [1.54, 1.807) is 18.4 Å². The van der Waals surface area contributed by atoms with E-state index in [1.807, 2.05) is 17.7 Å². The maximum absolute atomic E-state index is 13.2. The molecule has 0 saturated heterocycles. The van der Waals surface area contributed by atoms with Crippen molar-refractivity contribution in [2.24, 2.45) is 12.0 Å². The smallest absolute Gasteiger partial charge is 0.142 e. The van der Waals surface area contributed by atoms with Gasteiger partial charge in [0.25, 0.3) is 0 Å². The van der Waals surface area contributed by atoms with Crippen molar-refractivity contribution in [3.8, 4) is 6.07 Å². The SMILES string of the molecule is Cn1c(C2=CCC(F)=CN=C2)nc2cc(Br)c(C#N)cc21. The van der Waals surface area contributed by atoms with Crippen LogP contribution in [0.2, 0.25) is 0 Å². The second-order valence-electron chi connectivity index (χ2n) is 4.64. The van der Waals surface area contributed by atoms with Crippen molar-refractivity contribution in [2.45, 2.75) is 6.42 Å². The van der Waals surface area contributed by atoms with Crippen molar-refractivity contribution < 1.29 is 4.39 Å². The van der Waals surface area contributed by atoms with Crippen molar-refractivity contribution in [1.29, 1.82) is 5.26 Å². The summed E-state index contributed by atoms with van der Waals surface area (Å²) in [7, 11) is 1.86. The monoisotopic (exact) mass is 344 g/mol. The van der Waals surface area contributed by atoms with Crippen molar-refractivity contribution in [3.05, 3.63) is 46.1 Å². The van der Waals surface area contributed by atoms with Crippen LogP contribution in [-0.4, -0.2) is 15.8 Å². The molecule has 2 aromatic rings. The first-order valence-corrected chi connectivity index (χ1v) is 7.04. The number of halogens is 2. The number of hydrogen-bond acceptors (Lipinski definition) is 3. The van der Waals surface area contributed by atoms with Crippen molar-refractivity contribution in [2.75, 3.05) is 0 Å². The zero-order valence-corrected chi connectivity index (χ0v) is 12.7. The number of nitrogens with zero attached hydrogens (tertiary/aromatic N) is 4. The van der Waals surface area contributed by atoms with E-state index < -0.39 is 0 Å². The van der Waals surface area contributed by atoms with Gasteiger partial charge in [-0.05, 0) is 28.1 Å². The van der Waals surface area contributed by atoms with Crippen LogP contribution >= 0.6 is 15.9 Å². The van der Waals surface area contributed by atoms with Gasteiger partial charge in [-0.2, -0.15) is 5.26 Å². The van der Waals surface area contributed by atoms with E-state index in [4.69, 9.17) is 5.26 Å². The Morgan fingerprint density at radius 3 is 3.00 bits per heavy atom. The van der Waals surface area contributed by atoms with E-state index >= 15 is 0 Å². The lowest BCUT2D eigenvalue weighted by Gasteiger charge is -2.02. The van der Waals surface area contributed by atoms with E-state index in [1.165, 1.54) is 6.20 Å². The minimum Gasteiger partial charge on any atom is -0.327 e. The highest BCUT2D eigenvalue weighted by Gasteiger charge is 2.14. The van der Waals surface area contributed by atoms with Gasteiger partial charge in [0.15, 0.2) is 0 Å². The third-order valence-electron chi connectivity index (χ3n) is 3.29. The molecule has 0 atom stereocenters. The van der Waals surface area contributed by atoms with Crippen LogP contribution in [0, 0.1) is 11.3 Å². The van der Waals surface area contributed by atoms with E-state index in [2.05, 4.69) is 32.0 Å². The Balaban J connectivity index is 2.17. The molecule has 0 bridgehead atoms. The van der Waals surface area contributed by atoms with E-state index in [0.717, 1.165) is 16.6 Å². The second-order valence-corrected chi connectivity index (χ2v) is 5.50. The minimum atomic E-state index is -0.283. The van der Waals surface area contributed by atoms with E-state index in [0.29, 0.717) is 15.9 Å². The topological polar surface area (TPSA) is 54.0 Å². The van der Waals surface area contributed by atoms with Gasteiger partial charge < -0.3 is 4.57 Å². The molecule has 0 saturated carbocycles. The molecule has 0 unspecified atom stereocenters. The lowest BCUT2D eigenvalue weighted by atomic mass is 10.2. The molecule has 0 N–H and O–H groups in total. The Bertz CT molecular complexity index is 868. The average Bonchev–Trinajstić information content (AvgIpc) is 2.64. The summed E-state index contributed by atoms with van der Waals surface area (Å²) in [5.41, 5.74) is 2.92. The molecule has 1 aromatic carbocycles. The molecule has 0 radical (unpaired) electrons. The molecule has 1 aromatic heterocycles. The number of rotatable bonds is 1. The van der Waals surface area contributed by atoms with Crippen LogP contribution in [0.25, 0.3) is 16.6 Å². The number of aromatic nitrogens is 2. The normalized spacial score (nSPS) is 14.6. The first-order valence-electron chi connectivity index (χ1n) is 6.24. The summed E-state index contributed by atoms with van der Waals surface area (Å²) in [6.45, 7) is 0. The van der Waals surface area contributed by atoms with E-state index in [-0.39, 0.29) is 12.2 Å². The van der Waals surface area contributed by atoms with Gasteiger partial charge in [-0.3, -0.25) is 4.99 Å². The van der Waals surface area contributed by atoms with Gasteiger partial charge in [0.1, 0.15) is 17.7 Å². The molecule has 6 heteroatoms. The Labute approximate surface area is 129 Å². The zero-order chi connectivity index (χ0) is 15.0. The van der Waals surface area contributed by atoms with Crippen molar-refractivity contribution >= 4 is 38.8 Å². The lowest BCUT2D eigenvalue weighted by molar-refractivity contribution is 0.615. The molecule has 4 nitrogen and oxygen atoms in total. The zero-order valence-electron chi connectivity index (χ0n) is 11.1. The number of fused-ring (bicyclic) bond motifs is 1. The molecule has 104 valence electrons. The van der Waals surface area contributed by atoms with Crippen LogP contribution in [0.4, 0.5) is 4.39 Å². The predicted molar refractivity (Wildman–Crippen MR) is 83.4 cm³/mol. The number of aliphatic imine (C=N–C) groups is 1. The molecular formula is C15H10BrFN4. The summed E-state index contributed by atoms with van der Waals surface area (Å²) in [4.78, 5) is 8.48. The Hall–Kier alpha value is -2.26. The molecule has 0 aliphatic carbocycles. The number of hydrogen-bond donors (Lipinski definition) is 0. The maximum atomic E-state index is 13.2. The molecule has 1 aliphatic rings. The van der Waals surface area contributed by atoms with Crippen LogP contribution in [0.3, 0.4) is 0 Å². The Morgan fingerprint density at radius 2 is 2.24 bits per heavy atom. The van der Waals surface area contributed by atoms with Gasteiger partial charge >= 0.3 is 0 Å². The Morgan fingerprint density at radius 1 is 1.43 bits per heavy atom. The second kappa shape index (κ2) is 5.26. The van der Waals surface area contributed by atoms with Gasteiger partial charge in [0, 0.05) is 29.7 Å². The molecular weight excluding hydrogens is 335 g/mol. The van der Waals surface area contributed by atoms with Gasteiger partial charge in [-0.25, -0.2) is 9.37 Å². The summed E-state index contributed by atoms with van der Waals surface area (Å²) in [6.07, 6.45) is 4.75. The molecule has 0 fully saturated rings. The van der Waals surface area contributed by atoms with Gasteiger partial charge in [-0.15, -0.1) is 0 Å². The van der Waals surface area contributed by atoms with E-state index in [9.17, 15) is 4.39 Å². The summed E-state index contributed by atoms with van der Waals surface area (Å²) < 4.78 is 15.8. The third kappa shape index (κ3) is 2.41. The average molecular weight is 345 g/mol. The highest BCUT2D eigenvalue weighted by atomic mass is 79.9. The summed E-state index contributed by atoms with van der Waals surface area (Å²) in [5, 5.41) is 9.10. The van der Waals surface area contributed by atoms with Crippen molar-refractivity contribution in [1.82, 2.24) is 9.55 Å². The van der Waals surface area contributed by atoms with Gasteiger partial charge in [0.2, 0.25) is 0 Å². The highest BCUT2D eigenvalue weighted by Crippen LogP contribution is 2.27. The van der Waals surface area contributed by atoms with Crippen LogP contribution < -0.4 is 0 Å². The lowest BCUT2D eigenvalue weighted by Crippen LogP contribution is -1.98. The van der Waals surface area contributed by atoms with Gasteiger partial charge in [-0.1, -0.05) is 6.08 Å². The fraction of sp³-hybridized carbons (Fsp3) is 0.133. The number of aryl methyl sites for hydroxylation is 1.